The number of hydrogen-bond donors (Lipinski definition) is 3. The Hall–Kier alpha value is -1.99. The zero-order valence-corrected chi connectivity index (χ0v) is 17.1. The molecule has 1 atom stereocenters. The summed E-state index contributed by atoms with van der Waals surface area (Å²) in [7, 11) is 2.98. The van der Waals surface area contributed by atoms with Gasteiger partial charge in [-0.15, -0.1) is 12.4 Å². The minimum absolute atomic E-state index is 0. The van der Waals surface area contributed by atoms with Gasteiger partial charge in [0.25, 0.3) is 5.91 Å². The fourth-order valence-electron chi connectivity index (χ4n) is 1.99. The van der Waals surface area contributed by atoms with Gasteiger partial charge in [0.05, 0.1) is 25.5 Å². The molecule has 1 aromatic rings. The standard InChI is InChI=1S/C18H29N3O4.ClH/c1-11(19)7-8-20-16(22)12-9-14(24-5)15(25-6)10-13(12)21-17(23)18(2,3)4;/h9-11H,7-8,19H2,1-6H3,(H,20,22)(H,21,23);1H. The number of anilines is 1. The number of benzene rings is 1. The number of halogens is 1. The van der Waals surface area contributed by atoms with Gasteiger partial charge in [0, 0.05) is 24.1 Å². The highest BCUT2D eigenvalue weighted by Gasteiger charge is 2.24. The zero-order valence-electron chi connectivity index (χ0n) is 16.3. The third kappa shape index (κ3) is 6.72. The molecule has 0 aliphatic carbocycles. The fourth-order valence-corrected chi connectivity index (χ4v) is 1.99. The van der Waals surface area contributed by atoms with Crippen LogP contribution in [0.3, 0.4) is 0 Å². The summed E-state index contributed by atoms with van der Waals surface area (Å²) in [6.45, 7) is 7.71. The molecule has 0 aliphatic rings. The van der Waals surface area contributed by atoms with E-state index in [1.807, 2.05) is 6.92 Å². The van der Waals surface area contributed by atoms with Crippen molar-refractivity contribution in [1.29, 1.82) is 0 Å². The topological polar surface area (TPSA) is 103 Å². The fraction of sp³-hybridized carbons (Fsp3) is 0.556. The van der Waals surface area contributed by atoms with Gasteiger partial charge in [-0.3, -0.25) is 9.59 Å². The predicted molar refractivity (Wildman–Crippen MR) is 105 cm³/mol. The van der Waals surface area contributed by atoms with E-state index in [1.165, 1.54) is 14.2 Å². The van der Waals surface area contributed by atoms with Crippen molar-refractivity contribution in [3.63, 3.8) is 0 Å². The van der Waals surface area contributed by atoms with Gasteiger partial charge in [-0.05, 0) is 19.4 Å². The predicted octanol–water partition coefficient (Wildman–Crippen LogP) is 2.58. The Balaban J connectivity index is 0.00000625. The van der Waals surface area contributed by atoms with E-state index in [-0.39, 0.29) is 30.3 Å². The quantitative estimate of drug-likeness (QED) is 0.667. The minimum Gasteiger partial charge on any atom is -0.493 e. The van der Waals surface area contributed by atoms with E-state index in [0.29, 0.717) is 35.7 Å². The van der Waals surface area contributed by atoms with E-state index < -0.39 is 5.41 Å². The van der Waals surface area contributed by atoms with Gasteiger partial charge >= 0.3 is 0 Å². The Labute approximate surface area is 161 Å². The van der Waals surface area contributed by atoms with E-state index in [2.05, 4.69) is 10.6 Å². The Morgan fingerprint density at radius 3 is 2.15 bits per heavy atom. The molecule has 4 N–H and O–H groups in total. The molecular formula is C18H30ClN3O4. The molecule has 26 heavy (non-hydrogen) atoms. The van der Waals surface area contributed by atoms with E-state index in [0.717, 1.165) is 0 Å². The first-order chi connectivity index (χ1) is 11.6. The number of hydrogen-bond acceptors (Lipinski definition) is 5. The molecular weight excluding hydrogens is 358 g/mol. The number of ether oxygens (including phenoxy) is 2. The third-order valence-electron chi connectivity index (χ3n) is 3.58. The Morgan fingerprint density at radius 1 is 1.15 bits per heavy atom. The SMILES string of the molecule is COc1cc(NC(=O)C(C)(C)C)c(C(=O)NCCC(C)N)cc1OC.Cl. The van der Waals surface area contributed by atoms with E-state index in [4.69, 9.17) is 15.2 Å². The van der Waals surface area contributed by atoms with Gasteiger partial charge in [0.2, 0.25) is 5.91 Å². The summed E-state index contributed by atoms with van der Waals surface area (Å²) >= 11 is 0. The van der Waals surface area contributed by atoms with E-state index in [9.17, 15) is 9.59 Å². The summed E-state index contributed by atoms with van der Waals surface area (Å²) < 4.78 is 10.5. The summed E-state index contributed by atoms with van der Waals surface area (Å²) in [6, 6.07) is 3.13. The summed E-state index contributed by atoms with van der Waals surface area (Å²) in [5.74, 6) is 0.322. The van der Waals surface area contributed by atoms with Crippen LogP contribution in [0.5, 0.6) is 11.5 Å². The number of nitrogens with one attached hydrogen (secondary N) is 2. The van der Waals surface area contributed by atoms with Crippen LogP contribution in [0.1, 0.15) is 44.5 Å². The van der Waals surface area contributed by atoms with Crippen molar-refractivity contribution in [3.8, 4) is 11.5 Å². The molecule has 0 radical (unpaired) electrons. The van der Waals surface area contributed by atoms with Crippen LogP contribution < -0.4 is 25.8 Å². The summed E-state index contributed by atoms with van der Waals surface area (Å²) in [4.78, 5) is 24.9. The van der Waals surface area contributed by atoms with Crippen molar-refractivity contribution in [2.75, 3.05) is 26.1 Å². The van der Waals surface area contributed by atoms with Gasteiger partial charge in [0.1, 0.15) is 0 Å². The summed E-state index contributed by atoms with van der Waals surface area (Å²) in [5, 5.41) is 5.60. The monoisotopic (exact) mass is 387 g/mol. The highest BCUT2D eigenvalue weighted by atomic mass is 35.5. The molecule has 0 aliphatic heterocycles. The van der Waals surface area contributed by atoms with Crippen molar-refractivity contribution in [2.24, 2.45) is 11.1 Å². The highest BCUT2D eigenvalue weighted by Crippen LogP contribution is 2.34. The van der Waals surface area contributed by atoms with Crippen LogP contribution in [0.4, 0.5) is 5.69 Å². The second-order valence-electron chi connectivity index (χ2n) is 6.98. The zero-order chi connectivity index (χ0) is 19.2. The molecule has 0 aromatic heterocycles. The van der Waals surface area contributed by atoms with E-state index in [1.54, 1.807) is 32.9 Å². The molecule has 0 saturated carbocycles. The molecule has 7 nitrogen and oxygen atoms in total. The van der Waals surface area contributed by atoms with Crippen LogP contribution in [0.15, 0.2) is 12.1 Å². The third-order valence-corrected chi connectivity index (χ3v) is 3.58. The number of methoxy groups -OCH3 is 2. The maximum Gasteiger partial charge on any atom is 0.253 e. The highest BCUT2D eigenvalue weighted by molar-refractivity contribution is 6.05. The second kappa shape index (κ2) is 10.2. The largest absolute Gasteiger partial charge is 0.493 e. The van der Waals surface area contributed by atoms with Crippen LogP contribution >= 0.6 is 12.4 Å². The molecule has 0 fully saturated rings. The molecule has 0 bridgehead atoms. The van der Waals surface area contributed by atoms with E-state index >= 15 is 0 Å². The molecule has 2 amide bonds. The van der Waals surface area contributed by atoms with Gasteiger partial charge in [-0.1, -0.05) is 20.8 Å². The smallest absolute Gasteiger partial charge is 0.253 e. The summed E-state index contributed by atoms with van der Waals surface area (Å²) in [5.41, 5.74) is 5.78. The van der Waals surface area contributed by atoms with Gasteiger partial charge in [-0.25, -0.2) is 0 Å². The first kappa shape index (κ1) is 24.0. The summed E-state index contributed by atoms with van der Waals surface area (Å²) in [6.07, 6.45) is 0.655. The lowest BCUT2D eigenvalue weighted by Crippen LogP contribution is -2.31. The van der Waals surface area contributed by atoms with Crippen LogP contribution in [0.25, 0.3) is 0 Å². The van der Waals surface area contributed by atoms with Crippen LogP contribution in [-0.4, -0.2) is 38.6 Å². The molecule has 8 heteroatoms. The normalized spacial score (nSPS) is 11.8. The number of carbonyl (C=O) groups excluding carboxylic acids is 2. The molecule has 148 valence electrons. The lowest BCUT2D eigenvalue weighted by atomic mass is 9.95. The number of rotatable bonds is 7. The second-order valence-corrected chi connectivity index (χ2v) is 6.98. The van der Waals surface area contributed by atoms with Crippen molar-refractivity contribution in [2.45, 2.75) is 40.2 Å². The Kier molecular flexibility index (Phi) is 9.45. The molecule has 1 unspecified atom stereocenters. The maximum atomic E-state index is 12.5. The minimum atomic E-state index is -0.601. The molecule has 0 heterocycles. The van der Waals surface area contributed by atoms with Gasteiger partial charge < -0.3 is 25.8 Å². The number of carbonyl (C=O) groups is 2. The van der Waals surface area contributed by atoms with Crippen LogP contribution in [0.2, 0.25) is 0 Å². The Bertz CT molecular complexity index is 628. The van der Waals surface area contributed by atoms with Crippen molar-refractivity contribution < 1.29 is 19.1 Å². The first-order valence-electron chi connectivity index (χ1n) is 8.21. The van der Waals surface area contributed by atoms with Crippen molar-refractivity contribution >= 4 is 29.9 Å². The first-order valence-corrected chi connectivity index (χ1v) is 8.21. The molecule has 1 aromatic carbocycles. The maximum absolute atomic E-state index is 12.5. The average Bonchev–Trinajstić information content (AvgIpc) is 2.52. The average molecular weight is 388 g/mol. The number of amides is 2. The molecule has 0 spiro atoms. The Morgan fingerprint density at radius 2 is 1.69 bits per heavy atom. The lowest BCUT2D eigenvalue weighted by molar-refractivity contribution is -0.123. The van der Waals surface area contributed by atoms with Crippen molar-refractivity contribution in [1.82, 2.24) is 5.32 Å². The molecule has 1 rings (SSSR count). The number of nitrogens with two attached hydrogens (primary N) is 1. The van der Waals surface area contributed by atoms with Gasteiger partial charge in [-0.2, -0.15) is 0 Å². The lowest BCUT2D eigenvalue weighted by Gasteiger charge is -2.20. The van der Waals surface area contributed by atoms with Gasteiger partial charge in [0.15, 0.2) is 11.5 Å². The molecule has 0 saturated heterocycles. The van der Waals surface area contributed by atoms with Crippen molar-refractivity contribution in [3.05, 3.63) is 17.7 Å². The van der Waals surface area contributed by atoms with Crippen LogP contribution in [0, 0.1) is 5.41 Å². The van der Waals surface area contributed by atoms with Crippen LogP contribution in [-0.2, 0) is 4.79 Å².